The lowest BCUT2D eigenvalue weighted by atomic mass is 9.85. The van der Waals surface area contributed by atoms with Crippen LogP contribution in [-0.2, 0) is 9.59 Å². The average Bonchev–Trinajstić information content (AvgIpc) is 2.18. The number of halogens is 1. The molecule has 0 radical (unpaired) electrons. The van der Waals surface area contributed by atoms with Crippen molar-refractivity contribution in [1.29, 1.82) is 0 Å². The van der Waals surface area contributed by atoms with Crippen LogP contribution in [0.25, 0.3) is 0 Å². The predicted molar refractivity (Wildman–Crippen MR) is 65.7 cm³/mol. The highest BCUT2D eigenvalue weighted by Crippen LogP contribution is 2.25. The molecule has 0 aliphatic carbocycles. The van der Waals surface area contributed by atoms with Gasteiger partial charge >= 0.3 is 5.97 Å². The first-order valence-electron chi connectivity index (χ1n) is 5.56. The number of carboxylic acid groups (broad SMARTS) is 1. The van der Waals surface area contributed by atoms with Gasteiger partial charge in [0.05, 0.1) is 12.1 Å². The molecule has 0 aliphatic heterocycles. The molecule has 0 saturated heterocycles. The summed E-state index contributed by atoms with van der Waals surface area (Å²) in [6.45, 7) is 3.37. The molecule has 0 fully saturated rings. The second-order valence-corrected chi connectivity index (χ2v) is 4.94. The van der Waals surface area contributed by atoms with Crippen molar-refractivity contribution in [2.45, 2.75) is 26.7 Å². The van der Waals surface area contributed by atoms with Crippen LogP contribution in [0.15, 0.2) is 24.3 Å². The van der Waals surface area contributed by atoms with E-state index in [1.54, 1.807) is 19.9 Å². The van der Waals surface area contributed by atoms with Gasteiger partial charge in [-0.05, 0) is 17.5 Å². The second-order valence-electron chi connectivity index (χ2n) is 4.94. The Morgan fingerprint density at radius 1 is 1.28 bits per heavy atom. The minimum Gasteiger partial charge on any atom is -0.481 e. The van der Waals surface area contributed by atoms with E-state index in [1.165, 1.54) is 18.2 Å². The van der Waals surface area contributed by atoms with Crippen LogP contribution in [0.1, 0.15) is 26.7 Å². The summed E-state index contributed by atoms with van der Waals surface area (Å²) in [5, 5.41) is 11.1. The minimum atomic E-state index is -0.960. The molecule has 0 atom stereocenters. The average molecular weight is 253 g/mol. The van der Waals surface area contributed by atoms with E-state index >= 15 is 0 Å². The predicted octanol–water partition coefficient (Wildman–Crippen LogP) is 2.66. The molecule has 1 amide bonds. The number of nitrogens with one attached hydrogen (secondary N) is 1. The number of carboxylic acids is 1. The maximum atomic E-state index is 13.3. The van der Waals surface area contributed by atoms with Crippen LogP contribution in [0.3, 0.4) is 0 Å². The number of amides is 1. The molecule has 4 nitrogen and oxygen atoms in total. The first-order valence-corrected chi connectivity index (χ1v) is 5.56. The highest BCUT2D eigenvalue weighted by molar-refractivity contribution is 5.91. The molecule has 0 aliphatic rings. The Bertz CT molecular complexity index is 457. The Hall–Kier alpha value is -1.91. The molecular weight excluding hydrogens is 237 g/mol. The standard InChI is InChI=1S/C13H16FNO3/c1-13(2,8-12(17)18)7-11(16)15-10-6-4-3-5-9(10)14/h3-6H,7-8H2,1-2H3,(H,15,16)(H,17,18). The Balaban J connectivity index is 2.62. The van der Waals surface area contributed by atoms with Gasteiger partial charge in [0.15, 0.2) is 0 Å². The van der Waals surface area contributed by atoms with Gasteiger partial charge in [0.1, 0.15) is 5.82 Å². The van der Waals surface area contributed by atoms with Crippen LogP contribution in [0.2, 0.25) is 0 Å². The van der Waals surface area contributed by atoms with E-state index in [0.29, 0.717) is 0 Å². The lowest BCUT2D eigenvalue weighted by Gasteiger charge is -2.21. The van der Waals surface area contributed by atoms with Crippen molar-refractivity contribution in [3.8, 4) is 0 Å². The van der Waals surface area contributed by atoms with Crippen molar-refractivity contribution in [2.24, 2.45) is 5.41 Å². The number of aliphatic carboxylic acids is 1. The number of hydrogen-bond donors (Lipinski definition) is 2. The molecule has 0 unspecified atom stereocenters. The summed E-state index contributed by atoms with van der Waals surface area (Å²) in [4.78, 5) is 22.3. The second kappa shape index (κ2) is 5.62. The minimum absolute atomic E-state index is 0.0215. The van der Waals surface area contributed by atoms with Gasteiger partial charge in [-0.15, -0.1) is 0 Å². The SMILES string of the molecule is CC(C)(CC(=O)O)CC(=O)Nc1ccccc1F. The molecule has 0 aromatic heterocycles. The fourth-order valence-electron chi connectivity index (χ4n) is 1.66. The maximum absolute atomic E-state index is 13.3. The van der Waals surface area contributed by atoms with Gasteiger partial charge in [0, 0.05) is 6.42 Å². The molecule has 18 heavy (non-hydrogen) atoms. The van der Waals surface area contributed by atoms with E-state index in [2.05, 4.69) is 5.32 Å². The normalized spacial score (nSPS) is 11.1. The Morgan fingerprint density at radius 3 is 2.44 bits per heavy atom. The molecule has 98 valence electrons. The van der Waals surface area contributed by atoms with Crippen LogP contribution in [0.5, 0.6) is 0 Å². The van der Waals surface area contributed by atoms with Crippen LogP contribution < -0.4 is 5.32 Å². The zero-order chi connectivity index (χ0) is 13.8. The van der Waals surface area contributed by atoms with Crippen molar-refractivity contribution in [3.05, 3.63) is 30.1 Å². The molecule has 5 heteroatoms. The van der Waals surface area contributed by atoms with E-state index in [0.717, 1.165) is 0 Å². The topological polar surface area (TPSA) is 66.4 Å². The first kappa shape index (κ1) is 14.2. The third-order valence-electron chi connectivity index (χ3n) is 2.42. The fourth-order valence-corrected chi connectivity index (χ4v) is 1.66. The smallest absolute Gasteiger partial charge is 0.303 e. The lowest BCUT2D eigenvalue weighted by molar-refractivity contribution is -0.139. The van der Waals surface area contributed by atoms with Crippen molar-refractivity contribution in [3.63, 3.8) is 0 Å². The highest BCUT2D eigenvalue weighted by Gasteiger charge is 2.25. The fraction of sp³-hybridized carbons (Fsp3) is 0.385. The number of carbonyl (C=O) groups excluding carboxylic acids is 1. The van der Waals surface area contributed by atoms with Crippen molar-refractivity contribution in [2.75, 3.05) is 5.32 Å². The van der Waals surface area contributed by atoms with E-state index in [1.807, 2.05) is 0 Å². The lowest BCUT2D eigenvalue weighted by Crippen LogP contribution is -2.25. The van der Waals surface area contributed by atoms with Crippen molar-refractivity contribution in [1.82, 2.24) is 0 Å². The molecule has 1 aromatic rings. The maximum Gasteiger partial charge on any atom is 0.303 e. The van der Waals surface area contributed by atoms with Crippen molar-refractivity contribution >= 4 is 17.6 Å². The van der Waals surface area contributed by atoms with Crippen molar-refractivity contribution < 1.29 is 19.1 Å². The van der Waals surface area contributed by atoms with Crippen LogP contribution in [0, 0.1) is 11.2 Å². The third-order valence-corrected chi connectivity index (χ3v) is 2.42. The molecule has 1 rings (SSSR count). The van der Waals surface area contributed by atoms with Gasteiger partial charge in [0.25, 0.3) is 0 Å². The third kappa shape index (κ3) is 4.53. The summed E-state index contributed by atoms with van der Waals surface area (Å²) in [6, 6.07) is 5.84. The summed E-state index contributed by atoms with van der Waals surface area (Å²) in [7, 11) is 0. The van der Waals surface area contributed by atoms with E-state index in [4.69, 9.17) is 5.11 Å². The Kier molecular flexibility index (Phi) is 4.42. The molecular formula is C13H16FNO3. The zero-order valence-electron chi connectivity index (χ0n) is 10.4. The highest BCUT2D eigenvalue weighted by atomic mass is 19.1. The molecule has 0 heterocycles. The van der Waals surface area contributed by atoms with E-state index < -0.39 is 23.1 Å². The van der Waals surface area contributed by atoms with E-state index in [-0.39, 0.29) is 18.5 Å². The molecule has 1 aromatic carbocycles. The number of rotatable bonds is 5. The summed E-state index contributed by atoms with van der Waals surface area (Å²) in [5.74, 6) is -1.87. The van der Waals surface area contributed by atoms with Gasteiger partial charge in [-0.1, -0.05) is 26.0 Å². The zero-order valence-corrected chi connectivity index (χ0v) is 10.4. The van der Waals surface area contributed by atoms with Gasteiger partial charge in [-0.2, -0.15) is 0 Å². The number of para-hydroxylation sites is 1. The van der Waals surface area contributed by atoms with Crippen LogP contribution in [0.4, 0.5) is 10.1 Å². The van der Waals surface area contributed by atoms with Gasteiger partial charge in [-0.25, -0.2) is 4.39 Å². The molecule has 2 N–H and O–H groups in total. The monoisotopic (exact) mass is 253 g/mol. The van der Waals surface area contributed by atoms with E-state index in [9.17, 15) is 14.0 Å². The Morgan fingerprint density at radius 2 is 1.89 bits per heavy atom. The quantitative estimate of drug-likeness (QED) is 0.847. The van der Waals surface area contributed by atoms with Crippen LogP contribution >= 0.6 is 0 Å². The summed E-state index contributed by atoms with van der Waals surface area (Å²) < 4.78 is 13.3. The van der Waals surface area contributed by atoms with Gasteiger partial charge < -0.3 is 10.4 Å². The van der Waals surface area contributed by atoms with Gasteiger partial charge in [-0.3, -0.25) is 9.59 Å². The number of anilines is 1. The summed E-state index contributed by atoms with van der Waals surface area (Å²) >= 11 is 0. The largest absolute Gasteiger partial charge is 0.481 e. The molecule has 0 spiro atoms. The Labute approximate surface area is 105 Å². The first-order chi connectivity index (χ1) is 8.30. The van der Waals surface area contributed by atoms with Gasteiger partial charge in [0.2, 0.25) is 5.91 Å². The molecule has 0 bridgehead atoms. The number of hydrogen-bond acceptors (Lipinski definition) is 2. The summed E-state index contributed by atoms with van der Waals surface area (Å²) in [5.41, 5.74) is -0.560. The van der Waals surface area contributed by atoms with Crippen LogP contribution in [-0.4, -0.2) is 17.0 Å². The number of benzene rings is 1. The molecule has 0 saturated carbocycles. The summed E-state index contributed by atoms with van der Waals surface area (Å²) in [6.07, 6.45) is -0.0919. The number of carbonyl (C=O) groups is 2.